The van der Waals surface area contributed by atoms with Crippen molar-refractivity contribution in [1.29, 1.82) is 0 Å². The lowest BCUT2D eigenvalue weighted by Crippen LogP contribution is -2.31. The third-order valence-electron chi connectivity index (χ3n) is 4.61. The van der Waals surface area contributed by atoms with Gasteiger partial charge >= 0.3 is 0 Å². The minimum Gasteiger partial charge on any atom is -0.336 e. The summed E-state index contributed by atoms with van der Waals surface area (Å²) >= 11 is 0. The highest BCUT2D eigenvalue weighted by molar-refractivity contribution is 5.81. The molecule has 0 aromatic heterocycles. The van der Waals surface area contributed by atoms with Gasteiger partial charge in [-0.1, -0.05) is 36.4 Å². The lowest BCUT2D eigenvalue weighted by atomic mass is 9.97. The van der Waals surface area contributed by atoms with Crippen molar-refractivity contribution in [1.82, 2.24) is 4.90 Å². The highest BCUT2D eigenvalue weighted by Crippen LogP contribution is 2.31. The second-order valence-electron chi connectivity index (χ2n) is 6.01. The number of rotatable bonds is 4. The van der Waals surface area contributed by atoms with Crippen LogP contribution in [0.4, 0.5) is 8.78 Å². The van der Waals surface area contributed by atoms with Gasteiger partial charge in [-0.2, -0.15) is 0 Å². The van der Waals surface area contributed by atoms with Crippen molar-refractivity contribution in [2.75, 3.05) is 6.54 Å². The molecule has 1 amide bonds. The minimum atomic E-state index is -0.577. The van der Waals surface area contributed by atoms with Gasteiger partial charge in [0.1, 0.15) is 11.6 Å². The number of likely N-dealkylation sites (tertiary alicyclic amines) is 1. The van der Waals surface area contributed by atoms with Crippen LogP contribution in [0.15, 0.2) is 48.5 Å². The van der Waals surface area contributed by atoms with Crippen LogP contribution in [-0.2, 0) is 11.2 Å². The summed E-state index contributed by atoms with van der Waals surface area (Å²) in [5, 5.41) is 0. The molecule has 0 spiro atoms. The molecular weight excluding hydrogens is 296 g/mol. The Morgan fingerprint density at radius 1 is 1.09 bits per heavy atom. The third-order valence-corrected chi connectivity index (χ3v) is 4.61. The van der Waals surface area contributed by atoms with Crippen LogP contribution in [0.5, 0.6) is 0 Å². The van der Waals surface area contributed by atoms with Gasteiger partial charge in [0.2, 0.25) is 5.91 Å². The number of halogens is 2. The van der Waals surface area contributed by atoms with Crippen molar-refractivity contribution in [3.05, 3.63) is 71.3 Å². The summed E-state index contributed by atoms with van der Waals surface area (Å²) in [6.07, 6.45) is 0.749. The van der Waals surface area contributed by atoms with Crippen molar-refractivity contribution in [3.8, 4) is 0 Å². The van der Waals surface area contributed by atoms with E-state index in [1.807, 2.05) is 37.3 Å². The Morgan fingerprint density at radius 2 is 1.74 bits per heavy atom. The number of amides is 1. The molecule has 0 aliphatic carbocycles. The number of hydrogen-bond acceptors (Lipinski definition) is 1. The molecule has 1 aliphatic rings. The molecular formula is C19H19F2NO. The number of benzene rings is 2. The monoisotopic (exact) mass is 315 g/mol. The van der Waals surface area contributed by atoms with E-state index < -0.39 is 11.6 Å². The van der Waals surface area contributed by atoms with Crippen LogP contribution in [0, 0.1) is 17.6 Å². The van der Waals surface area contributed by atoms with Gasteiger partial charge in [-0.3, -0.25) is 4.79 Å². The molecule has 3 rings (SSSR count). The smallest absolute Gasteiger partial charge is 0.226 e. The SMILES string of the molecule is C[C@@H](c1ccccc1)N1CC[C@@H](Cc2c(F)cccc2F)C1=O. The number of carbonyl (C=O) groups is 1. The van der Waals surface area contributed by atoms with E-state index in [0.29, 0.717) is 13.0 Å². The molecule has 0 saturated carbocycles. The van der Waals surface area contributed by atoms with Crippen LogP contribution in [-0.4, -0.2) is 17.4 Å². The lowest BCUT2D eigenvalue weighted by Gasteiger charge is -2.25. The highest BCUT2D eigenvalue weighted by Gasteiger charge is 2.35. The van der Waals surface area contributed by atoms with Gasteiger partial charge in [-0.15, -0.1) is 0 Å². The fraction of sp³-hybridized carbons (Fsp3) is 0.316. The minimum absolute atomic E-state index is 0.0139. The van der Waals surface area contributed by atoms with Gasteiger partial charge in [-0.05, 0) is 37.5 Å². The van der Waals surface area contributed by atoms with Crippen LogP contribution >= 0.6 is 0 Å². The van der Waals surface area contributed by atoms with E-state index in [0.717, 1.165) is 5.56 Å². The summed E-state index contributed by atoms with van der Waals surface area (Å²) in [4.78, 5) is 14.4. The maximum absolute atomic E-state index is 13.8. The van der Waals surface area contributed by atoms with Crippen molar-refractivity contribution in [2.24, 2.45) is 5.92 Å². The molecule has 2 atom stereocenters. The molecule has 4 heteroatoms. The van der Waals surface area contributed by atoms with Crippen LogP contribution in [0.1, 0.15) is 30.5 Å². The highest BCUT2D eigenvalue weighted by atomic mass is 19.1. The first-order valence-electron chi connectivity index (χ1n) is 7.86. The van der Waals surface area contributed by atoms with E-state index in [2.05, 4.69) is 0 Å². The fourth-order valence-corrected chi connectivity index (χ4v) is 3.22. The normalized spacial score (nSPS) is 19.2. The third kappa shape index (κ3) is 3.11. The van der Waals surface area contributed by atoms with Gasteiger partial charge in [0.15, 0.2) is 0 Å². The fourth-order valence-electron chi connectivity index (χ4n) is 3.22. The largest absolute Gasteiger partial charge is 0.336 e. The van der Waals surface area contributed by atoms with Crippen LogP contribution in [0.3, 0.4) is 0 Å². The second kappa shape index (κ2) is 6.49. The number of carbonyl (C=O) groups excluding carboxylic acids is 1. The molecule has 1 saturated heterocycles. The van der Waals surface area contributed by atoms with E-state index in [1.165, 1.54) is 18.2 Å². The summed E-state index contributed by atoms with van der Waals surface area (Å²) in [5.74, 6) is -1.53. The number of hydrogen-bond donors (Lipinski definition) is 0. The van der Waals surface area contributed by atoms with Crippen LogP contribution in [0.25, 0.3) is 0 Å². The van der Waals surface area contributed by atoms with Crippen molar-refractivity contribution in [3.63, 3.8) is 0 Å². The van der Waals surface area contributed by atoms with Crippen LogP contribution in [0.2, 0.25) is 0 Å². The zero-order valence-electron chi connectivity index (χ0n) is 13.0. The summed E-state index contributed by atoms with van der Waals surface area (Å²) in [7, 11) is 0. The van der Waals surface area contributed by atoms with E-state index in [1.54, 1.807) is 4.90 Å². The zero-order chi connectivity index (χ0) is 16.4. The average molecular weight is 315 g/mol. The standard InChI is InChI=1S/C19H19F2NO/c1-13(14-6-3-2-4-7-14)22-11-10-15(19(22)23)12-16-17(20)8-5-9-18(16)21/h2-9,13,15H,10-12H2,1H3/t13-,15-/m0/s1. The van der Waals surface area contributed by atoms with Gasteiger partial charge in [-0.25, -0.2) is 8.78 Å². The molecule has 23 heavy (non-hydrogen) atoms. The molecule has 0 bridgehead atoms. The maximum Gasteiger partial charge on any atom is 0.226 e. The van der Waals surface area contributed by atoms with Crippen molar-refractivity contribution in [2.45, 2.75) is 25.8 Å². The number of nitrogens with zero attached hydrogens (tertiary/aromatic N) is 1. The summed E-state index contributed by atoms with van der Waals surface area (Å²) < 4.78 is 27.6. The molecule has 2 aromatic rings. The van der Waals surface area contributed by atoms with Gasteiger partial charge in [0.05, 0.1) is 6.04 Å². The maximum atomic E-state index is 13.8. The van der Waals surface area contributed by atoms with Crippen molar-refractivity contribution >= 4 is 5.91 Å². The van der Waals surface area contributed by atoms with E-state index in [9.17, 15) is 13.6 Å². The molecule has 1 fully saturated rings. The Kier molecular flexibility index (Phi) is 4.42. The van der Waals surface area contributed by atoms with Gasteiger partial charge in [0, 0.05) is 18.0 Å². The topological polar surface area (TPSA) is 20.3 Å². The zero-order valence-corrected chi connectivity index (χ0v) is 13.0. The van der Waals surface area contributed by atoms with Crippen LogP contribution < -0.4 is 0 Å². The molecule has 120 valence electrons. The molecule has 2 aromatic carbocycles. The molecule has 2 nitrogen and oxygen atoms in total. The summed E-state index contributed by atoms with van der Waals surface area (Å²) in [5.41, 5.74) is 1.08. The summed E-state index contributed by atoms with van der Waals surface area (Å²) in [6.45, 7) is 2.61. The van der Waals surface area contributed by atoms with Gasteiger partial charge in [0.25, 0.3) is 0 Å². The first-order chi connectivity index (χ1) is 11.1. The Balaban J connectivity index is 1.74. The molecule has 0 unspecified atom stereocenters. The Bertz CT molecular complexity index is 682. The Labute approximate surface area is 134 Å². The first kappa shape index (κ1) is 15.7. The average Bonchev–Trinajstić information content (AvgIpc) is 2.92. The van der Waals surface area contributed by atoms with Crippen molar-refractivity contribution < 1.29 is 13.6 Å². The quantitative estimate of drug-likeness (QED) is 0.831. The molecule has 1 aliphatic heterocycles. The molecule has 0 N–H and O–H groups in total. The van der Waals surface area contributed by atoms with E-state index in [-0.39, 0.29) is 29.9 Å². The predicted octanol–water partition coefficient (Wildman–Crippen LogP) is 4.12. The lowest BCUT2D eigenvalue weighted by molar-refractivity contribution is -0.132. The van der Waals surface area contributed by atoms with E-state index >= 15 is 0 Å². The predicted molar refractivity (Wildman–Crippen MR) is 84.7 cm³/mol. The molecule has 0 radical (unpaired) electrons. The summed E-state index contributed by atoms with van der Waals surface area (Å²) in [6, 6.07) is 13.6. The first-order valence-corrected chi connectivity index (χ1v) is 7.86. The van der Waals surface area contributed by atoms with E-state index in [4.69, 9.17) is 0 Å². The second-order valence-corrected chi connectivity index (χ2v) is 6.01. The molecule has 1 heterocycles. The Morgan fingerprint density at radius 3 is 2.39 bits per heavy atom. The van der Waals surface area contributed by atoms with Gasteiger partial charge < -0.3 is 4.90 Å². The Hall–Kier alpha value is -2.23.